The maximum atomic E-state index is 12.2. The van der Waals surface area contributed by atoms with E-state index >= 15 is 0 Å². The van der Waals surface area contributed by atoms with Crippen molar-refractivity contribution in [1.82, 2.24) is 0 Å². The third-order valence-electron chi connectivity index (χ3n) is 9.58. The molecular weight excluding hydrogens is 701 g/mol. The molecule has 0 saturated heterocycles. The summed E-state index contributed by atoms with van der Waals surface area (Å²) in [7, 11) is 0. The summed E-state index contributed by atoms with van der Waals surface area (Å²) in [4.78, 5) is 12.2. The molecule has 0 rings (SSSR count). The van der Waals surface area contributed by atoms with Gasteiger partial charge in [0.1, 0.15) is 6.10 Å². The third kappa shape index (κ3) is 47.3. The van der Waals surface area contributed by atoms with Crippen molar-refractivity contribution in [3.63, 3.8) is 0 Å². The fraction of sp³-hybridized carbons (Fsp3) is 0.642. The van der Waals surface area contributed by atoms with Gasteiger partial charge < -0.3 is 14.6 Å². The van der Waals surface area contributed by atoms with Crippen LogP contribution >= 0.6 is 0 Å². The molecule has 0 aliphatic rings. The SMILES string of the molecule is CC/C=C\C/C=C\C/C=C\C/C=C\C/C=C\C/C=C\CCCCCOCC(CO)OC(=O)CCCCCCCCCC/C=C\C/C=C\C/C=C\CCCCCCC. The second-order valence-electron chi connectivity index (χ2n) is 15.1. The molecule has 0 radical (unpaired) electrons. The van der Waals surface area contributed by atoms with Crippen LogP contribution < -0.4 is 0 Å². The Hall–Kier alpha value is -2.95. The van der Waals surface area contributed by atoms with Gasteiger partial charge in [-0.05, 0) is 103 Å². The van der Waals surface area contributed by atoms with E-state index < -0.39 is 6.10 Å². The average molecular weight is 789 g/mol. The Bertz CT molecular complexity index is 1100. The standard InChI is InChI=1S/C53H88O4/c1-3-5-7-9-11-13-15-17-19-21-23-25-27-28-30-32-34-36-38-40-42-44-46-48-53(55)57-52(50-54)51-56-49-47-45-43-41-39-37-35-33-31-29-26-24-22-20-18-16-14-12-10-8-6-4-2/h6,8,12,14-15,17-18,20-21,23-24,26-28,31,33,37,39,52,54H,3-5,7,9-11,13,16,19,22,25,29-30,32,34-36,38,40-51H2,1-2H3/b8-6-,14-12-,17-15-,20-18-,23-21-,26-24-,28-27-,33-31-,39-37-. The Kier molecular flexibility index (Phi) is 46.7. The monoisotopic (exact) mass is 789 g/mol. The smallest absolute Gasteiger partial charge is 0.306 e. The summed E-state index contributed by atoms with van der Waals surface area (Å²) < 4.78 is 11.2. The highest BCUT2D eigenvalue weighted by Crippen LogP contribution is 2.12. The van der Waals surface area contributed by atoms with E-state index in [1.54, 1.807) is 0 Å². The number of hydrogen-bond donors (Lipinski definition) is 1. The molecule has 0 heterocycles. The molecule has 0 fully saturated rings. The number of rotatable bonds is 42. The first kappa shape index (κ1) is 54.0. The minimum absolute atomic E-state index is 0.196. The van der Waals surface area contributed by atoms with Crippen LogP contribution in [0.5, 0.6) is 0 Å². The topological polar surface area (TPSA) is 55.8 Å². The first-order chi connectivity index (χ1) is 28.2. The zero-order valence-corrected chi connectivity index (χ0v) is 37.1. The van der Waals surface area contributed by atoms with Gasteiger partial charge in [-0.2, -0.15) is 0 Å². The van der Waals surface area contributed by atoms with Crippen molar-refractivity contribution in [2.45, 2.75) is 200 Å². The number of esters is 1. The second-order valence-corrected chi connectivity index (χ2v) is 15.1. The van der Waals surface area contributed by atoms with Crippen LogP contribution in [0.1, 0.15) is 194 Å². The van der Waals surface area contributed by atoms with E-state index in [9.17, 15) is 9.90 Å². The fourth-order valence-corrected chi connectivity index (χ4v) is 6.10. The predicted octanol–water partition coefficient (Wildman–Crippen LogP) is 15.9. The van der Waals surface area contributed by atoms with Gasteiger partial charge in [0.2, 0.25) is 0 Å². The number of aliphatic hydroxyl groups excluding tert-OH is 1. The third-order valence-corrected chi connectivity index (χ3v) is 9.58. The Morgan fingerprint density at radius 1 is 0.439 bits per heavy atom. The van der Waals surface area contributed by atoms with Crippen molar-refractivity contribution >= 4 is 5.97 Å². The maximum Gasteiger partial charge on any atom is 0.306 e. The Labute approximate surface area is 353 Å². The van der Waals surface area contributed by atoms with E-state index in [4.69, 9.17) is 9.47 Å². The van der Waals surface area contributed by atoms with Crippen molar-refractivity contribution in [3.05, 3.63) is 109 Å². The number of hydrogen-bond acceptors (Lipinski definition) is 4. The summed E-state index contributed by atoms with van der Waals surface area (Å²) in [5.41, 5.74) is 0. The molecule has 4 nitrogen and oxygen atoms in total. The molecule has 0 aliphatic carbocycles. The summed E-state index contributed by atoms with van der Waals surface area (Å²) in [6.45, 7) is 5.12. The Balaban J connectivity index is 3.57. The maximum absolute atomic E-state index is 12.2. The van der Waals surface area contributed by atoms with E-state index in [0.29, 0.717) is 13.0 Å². The van der Waals surface area contributed by atoms with Gasteiger partial charge in [0.15, 0.2) is 0 Å². The van der Waals surface area contributed by atoms with Crippen LogP contribution in [0.3, 0.4) is 0 Å². The van der Waals surface area contributed by atoms with E-state index in [1.165, 1.54) is 83.5 Å². The van der Waals surface area contributed by atoms with E-state index in [2.05, 4.69) is 123 Å². The summed E-state index contributed by atoms with van der Waals surface area (Å²) in [5.74, 6) is -0.224. The molecule has 1 atom stereocenters. The molecule has 0 aromatic heterocycles. The van der Waals surface area contributed by atoms with E-state index in [1.807, 2.05) is 0 Å². The van der Waals surface area contributed by atoms with Gasteiger partial charge >= 0.3 is 5.97 Å². The number of carbonyl (C=O) groups is 1. The van der Waals surface area contributed by atoms with Gasteiger partial charge in [-0.25, -0.2) is 0 Å². The normalized spacial score (nSPS) is 13.4. The first-order valence-electron chi connectivity index (χ1n) is 23.5. The van der Waals surface area contributed by atoms with Crippen LogP contribution in [0.15, 0.2) is 109 Å². The van der Waals surface area contributed by atoms with Crippen molar-refractivity contribution in [2.24, 2.45) is 0 Å². The molecule has 0 spiro atoms. The lowest BCUT2D eigenvalue weighted by Gasteiger charge is -2.15. The fourth-order valence-electron chi connectivity index (χ4n) is 6.10. The zero-order valence-electron chi connectivity index (χ0n) is 37.1. The predicted molar refractivity (Wildman–Crippen MR) is 251 cm³/mol. The lowest BCUT2D eigenvalue weighted by Crippen LogP contribution is -2.27. The highest BCUT2D eigenvalue weighted by atomic mass is 16.6. The quantitative estimate of drug-likeness (QED) is 0.0380. The van der Waals surface area contributed by atoms with Crippen molar-refractivity contribution < 1.29 is 19.4 Å². The van der Waals surface area contributed by atoms with E-state index in [-0.39, 0.29) is 19.2 Å². The molecule has 57 heavy (non-hydrogen) atoms. The van der Waals surface area contributed by atoms with Crippen molar-refractivity contribution in [1.29, 1.82) is 0 Å². The number of allylic oxidation sites excluding steroid dienone is 18. The molecule has 0 amide bonds. The van der Waals surface area contributed by atoms with Crippen LogP contribution in [0.25, 0.3) is 0 Å². The lowest BCUT2D eigenvalue weighted by molar-refractivity contribution is -0.154. The van der Waals surface area contributed by atoms with Crippen molar-refractivity contribution in [2.75, 3.05) is 19.8 Å². The molecule has 0 bridgehead atoms. The van der Waals surface area contributed by atoms with Crippen molar-refractivity contribution in [3.8, 4) is 0 Å². The van der Waals surface area contributed by atoms with Gasteiger partial charge in [-0.15, -0.1) is 0 Å². The molecule has 1 unspecified atom stereocenters. The summed E-state index contributed by atoms with van der Waals surface area (Å²) in [6, 6.07) is 0. The van der Waals surface area contributed by atoms with Crippen LogP contribution in [0.4, 0.5) is 0 Å². The number of unbranched alkanes of at least 4 members (excludes halogenated alkanes) is 16. The minimum Gasteiger partial charge on any atom is -0.457 e. The molecule has 4 heteroatoms. The highest BCUT2D eigenvalue weighted by Gasteiger charge is 2.13. The number of carbonyl (C=O) groups excluding carboxylic acids is 1. The summed E-state index contributed by atoms with van der Waals surface area (Å²) in [6.07, 6.45) is 71.6. The van der Waals surface area contributed by atoms with Crippen LogP contribution in [0.2, 0.25) is 0 Å². The summed E-state index contributed by atoms with van der Waals surface area (Å²) in [5, 5.41) is 9.63. The average Bonchev–Trinajstić information content (AvgIpc) is 3.22. The minimum atomic E-state index is -0.565. The lowest BCUT2D eigenvalue weighted by atomic mass is 10.1. The van der Waals surface area contributed by atoms with Gasteiger partial charge in [-0.3, -0.25) is 4.79 Å². The molecule has 0 aromatic carbocycles. The van der Waals surface area contributed by atoms with Crippen LogP contribution in [-0.4, -0.2) is 37.0 Å². The molecule has 0 aromatic rings. The number of aliphatic hydroxyl groups is 1. The zero-order chi connectivity index (χ0) is 41.2. The first-order valence-corrected chi connectivity index (χ1v) is 23.5. The Morgan fingerprint density at radius 3 is 1.19 bits per heavy atom. The molecule has 0 saturated carbocycles. The van der Waals surface area contributed by atoms with Gasteiger partial charge in [0, 0.05) is 13.0 Å². The van der Waals surface area contributed by atoms with Gasteiger partial charge in [-0.1, -0.05) is 194 Å². The van der Waals surface area contributed by atoms with E-state index in [0.717, 1.165) is 89.9 Å². The molecule has 1 N–H and O–H groups in total. The summed E-state index contributed by atoms with van der Waals surface area (Å²) >= 11 is 0. The second kappa shape index (κ2) is 49.2. The molecule has 324 valence electrons. The largest absolute Gasteiger partial charge is 0.457 e. The molecular formula is C53H88O4. The van der Waals surface area contributed by atoms with Gasteiger partial charge in [0.05, 0.1) is 13.2 Å². The van der Waals surface area contributed by atoms with Crippen LogP contribution in [-0.2, 0) is 14.3 Å². The Morgan fingerprint density at radius 2 is 0.789 bits per heavy atom. The molecule has 0 aliphatic heterocycles. The van der Waals surface area contributed by atoms with Crippen LogP contribution in [0, 0.1) is 0 Å². The highest BCUT2D eigenvalue weighted by molar-refractivity contribution is 5.69. The van der Waals surface area contributed by atoms with Gasteiger partial charge in [0.25, 0.3) is 0 Å². The number of ether oxygens (including phenoxy) is 2.